The molecule has 0 radical (unpaired) electrons. The summed E-state index contributed by atoms with van der Waals surface area (Å²) in [6.45, 7) is 3.90. The number of carbonyl (C=O) groups is 1. The summed E-state index contributed by atoms with van der Waals surface area (Å²) in [6, 6.07) is 22.1. The summed E-state index contributed by atoms with van der Waals surface area (Å²) in [6.07, 6.45) is 1.76. The van der Waals surface area contributed by atoms with Crippen molar-refractivity contribution in [3.8, 4) is 5.75 Å². The van der Waals surface area contributed by atoms with Gasteiger partial charge in [-0.25, -0.2) is 8.42 Å². The van der Waals surface area contributed by atoms with Gasteiger partial charge in [0.05, 0.1) is 30.7 Å². The van der Waals surface area contributed by atoms with Gasteiger partial charge in [-0.3, -0.25) is 9.10 Å². The second kappa shape index (κ2) is 15.0. The van der Waals surface area contributed by atoms with Crippen LogP contribution in [0.15, 0.2) is 72.8 Å². The summed E-state index contributed by atoms with van der Waals surface area (Å²) in [5.74, 6) is 0.530. The van der Waals surface area contributed by atoms with Crippen LogP contribution >= 0.6 is 0 Å². The van der Waals surface area contributed by atoms with Gasteiger partial charge in [-0.2, -0.15) is 0 Å². The van der Waals surface area contributed by atoms with Crippen molar-refractivity contribution in [3.63, 3.8) is 0 Å². The van der Waals surface area contributed by atoms with Gasteiger partial charge in [-0.05, 0) is 80.6 Å². The van der Waals surface area contributed by atoms with E-state index in [2.05, 4.69) is 16.0 Å². The number of methoxy groups -OCH3 is 1. The zero-order chi connectivity index (χ0) is 30.0. The average molecular weight is 595 g/mol. The van der Waals surface area contributed by atoms with E-state index in [0.29, 0.717) is 56.0 Å². The highest BCUT2D eigenvalue weighted by Crippen LogP contribution is 2.28. The van der Waals surface area contributed by atoms with E-state index in [9.17, 15) is 18.3 Å². The first kappa shape index (κ1) is 31.3. The Morgan fingerprint density at radius 3 is 2.48 bits per heavy atom. The molecule has 1 aliphatic heterocycles. The molecule has 1 saturated heterocycles. The van der Waals surface area contributed by atoms with E-state index in [1.54, 1.807) is 25.3 Å². The van der Waals surface area contributed by atoms with Crippen LogP contribution in [0.4, 0.5) is 11.4 Å². The summed E-state index contributed by atoms with van der Waals surface area (Å²) in [5.41, 5.74) is 3.61. The Morgan fingerprint density at radius 2 is 1.79 bits per heavy atom. The van der Waals surface area contributed by atoms with Crippen molar-refractivity contribution in [2.75, 3.05) is 48.7 Å². The third-order valence-corrected chi connectivity index (χ3v) is 9.25. The van der Waals surface area contributed by atoms with E-state index in [0.717, 1.165) is 29.7 Å². The first-order valence-corrected chi connectivity index (χ1v) is 16.2. The van der Waals surface area contributed by atoms with Crippen LogP contribution in [0.25, 0.3) is 0 Å². The molecule has 3 aromatic carbocycles. The number of hydrogen-bond donors (Lipinski definition) is 4. The number of carbonyl (C=O) groups excluding carboxylic acids is 1. The Balaban J connectivity index is 1.48. The maximum Gasteiger partial charge on any atom is 0.251 e. The standard InChI is InChI=1S/C32H42N4O5S/c1-3-34-27-20-26(21-28(22-27)36-17-7-8-18-42(36,39)40)32(38)35-30(19-25-9-5-4-6-10-25)31(37)23-33-16-15-24-11-13-29(41-2)14-12-24/h4-6,9-14,20-22,30-31,33-34,37H,3,7-8,15-19,23H2,1-2H3,(H,35,38)/t30-,31+/m0/s1. The van der Waals surface area contributed by atoms with Crippen molar-refractivity contribution in [2.24, 2.45) is 0 Å². The Labute approximate surface area is 249 Å². The van der Waals surface area contributed by atoms with Gasteiger partial charge in [0.15, 0.2) is 0 Å². The topological polar surface area (TPSA) is 120 Å². The molecule has 1 aliphatic rings. The SMILES string of the molecule is CCNc1cc(C(=O)N[C@@H](Cc2ccccc2)[C@H](O)CNCCc2ccc(OC)cc2)cc(N2CCCCS2(=O)=O)c1. The Morgan fingerprint density at radius 1 is 1.02 bits per heavy atom. The quantitative estimate of drug-likeness (QED) is 0.211. The van der Waals surface area contributed by atoms with Crippen LogP contribution in [-0.4, -0.2) is 70.6 Å². The van der Waals surface area contributed by atoms with E-state index in [4.69, 9.17) is 4.74 Å². The van der Waals surface area contributed by atoms with Crippen LogP contribution in [0.1, 0.15) is 41.3 Å². The largest absolute Gasteiger partial charge is 0.497 e. The molecule has 9 nitrogen and oxygen atoms in total. The number of aliphatic hydroxyl groups is 1. The molecule has 1 fully saturated rings. The van der Waals surface area contributed by atoms with E-state index < -0.39 is 22.2 Å². The van der Waals surface area contributed by atoms with Gasteiger partial charge in [-0.1, -0.05) is 42.5 Å². The van der Waals surface area contributed by atoms with Crippen molar-refractivity contribution in [1.29, 1.82) is 0 Å². The lowest BCUT2D eigenvalue weighted by Crippen LogP contribution is -2.49. The fraction of sp³-hybridized carbons (Fsp3) is 0.406. The minimum atomic E-state index is -3.45. The Hall–Kier alpha value is -3.60. The lowest BCUT2D eigenvalue weighted by Gasteiger charge is -2.29. The number of amides is 1. The number of aliphatic hydroxyl groups excluding tert-OH is 1. The van der Waals surface area contributed by atoms with Gasteiger partial charge in [0.1, 0.15) is 5.75 Å². The molecule has 3 aromatic rings. The van der Waals surface area contributed by atoms with Crippen molar-refractivity contribution >= 4 is 27.3 Å². The molecule has 0 aliphatic carbocycles. The van der Waals surface area contributed by atoms with E-state index in [1.165, 1.54) is 4.31 Å². The number of nitrogens with one attached hydrogen (secondary N) is 3. The molecular formula is C32H42N4O5S. The summed E-state index contributed by atoms with van der Waals surface area (Å²) in [7, 11) is -1.81. The molecule has 0 bridgehead atoms. The molecule has 4 rings (SSSR count). The highest BCUT2D eigenvalue weighted by molar-refractivity contribution is 7.92. The fourth-order valence-electron chi connectivity index (χ4n) is 5.09. The van der Waals surface area contributed by atoms with Gasteiger partial charge in [-0.15, -0.1) is 0 Å². The van der Waals surface area contributed by atoms with Gasteiger partial charge < -0.3 is 25.8 Å². The van der Waals surface area contributed by atoms with E-state index in [-0.39, 0.29) is 11.7 Å². The van der Waals surface area contributed by atoms with E-state index >= 15 is 0 Å². The second-order valence-electron chi connectivity index (χ2n) is 10.5. The number of ether oxygens (including phenoxy) is 1. The van der Waals surface area contributed by atoms with Crippen LogP contribution in [0.3, 0.4) is 0 Å². The van der Waals surface area contributed by atoms with Crippen molar-refractivity contribution < 1.29 is 23.1 Å². The van der Waals surface area contributed by atoms with Gasteiger partial charge in [0.25, 0.3) is 5.91 Å². The molecule has 0 spiro atoms. The molecule has 42 heavy (non-hydrogen) atoms. The third kappa shape index (κ3) is 8.70. The highest BCUT2D eigenvalue weighted by Gasteiger charge is 2.28. The predicted octanol–water partition coefficient (Wildman–Crippen LogP) is 3.59. The maximum atomic E-state index is 13.6. The number of anilines is 2. The van der Waals surface area contributed by atoms with Crippen LogP contribution < -0.4 is 25.0 Å². The van der Waals surface area contributed by atoms with Gasteiger partial charge >= 0.3 is 0 Å². The summed E-state index contributed by atoms with van der Waals surface area (Å²) < 4.78 is 32.2. The number of benzene rings is 3. The molecule has 0 saturated carbocycles. The molecule has 2 atom stereocenters. The van der Waals surface area contributed by atoms with Crippen molar-refractivity contribution in [3.05, 3.63) is 89.5 Å². The van der Waals surface area contributed by atoms with Crippen LogP contribution in [0.5, 0.6) is 5.75 Å². The third-order valence-electron chi connectivity index (χ3n) is 7.38. The highest BCUT2D eigenvalue weighted by atomic mass is 32.2. The van der Waals surface area contributed by atoms with Gasteiger partial charge in [0, 0.05) is 30.9 Å². The smallest absolute Gasteiger partial charge is 0.251 e. The minimum absolute atomic E-state index is 0.0940. The van der Waals surface area contributed by atoms with Crippen LogP contribution in [0.2, 0.25) is 0 Å². The van der Waals surface area contributed by atoms with Gasteiger partial charge in [0.2, 0.25) is 10.0 Å². The molecule has 0 aromatic heterocycles. The fourth-order valence-corrected chi connectivity index (χ4v) is 6.71. The summed E-state index contributed by atoms with van der Waals surface area (Å²) in [4.78, 5) is 13.6. The van der Waals surface area contributed by atoms with Crippen LogP contribution in [-0.2, 0) is 22.9 Å². The first-order chi connectivity index (χ1) is 20.3. The Bertz CT molecular complexity index is 1400. The first-order valence-electron chi connectivity index (χ1n) is 14.5. The molecule has 4 N–H and O–H groups in total. The summed E-state index contributed by atoms with van der Waals surface area (Å²) in [5, 5.41) is 20.8. The van der Waals surface area contributed by atoms with E-state index in [1.807, 2.05) is 61.5 Å². The second-order valence-corrected chi connectivity index (χ2v) is 12.5. The number of hydrogen-bond acceptors (Lipinski definition) is 7. The van der Waals surface area contributed by atoms with Crippen molar-refractivity contribution in [1.82, 2.24) is 10.6 Å². The minimum Gasteiger partial charge on any atom is -0.497 e. The molecule has 1 heterocycles. The normalized spacial score (nSPS) is 15.9. The zero-order valence-electron chi connectivity index (χ0n) is 24.4. The zero-order valence-corrected chi connectivity index (χ0v) is 25.2. The summed E-state index contributed by atoms with van der Waals surface area (Å²) >= 11 is 0. The number of sulfonamides is 1. The maximum absolute atomic E-state index is 13.6. The molecular weight excluding hydrogens is 552 g/mol. The molecule has 226 valence electrons. The predicted molar refractivity (Wildman–Crippen MR) is 168 cm³/mol. The lowest BCUT2D eigenvalue weighted by atomic mass is 10.00. The lowest BCUT2D eigenvalue weighted by molar-refractivity contribution is 0.0831. The number of rotatable bonds is 14. The molecule has 0 unspecified atom stereocenters. The number of nitrogens with zero attached hydrogens (tertiary/aromatic N) is 1. The molecule has 10 heteroatoms. The monoisotopic (exact) mass is 594 g/mol. The molecule has 1 amide bonds. The average Bonchev–Trinajstić information content (AvgIpc) is 2.99. The Kier molecular flexibility index (Phi) is 11.2. The van der Waals surface area contributed by atoms with Crippen molar-refractivity contribution in [2.45, 2.75) is 44.8 Å². The van der Waals surface area contributed by atoms with Crippen LogP contribution in [0, 0.1) is 0 Å².